The second-order valence-electron chi connectivity index (χ2n) is 8.94. The van der Waals surface area contributed by atoms with Crippen LogP contribution < -0.4 is 10.2 Å². The Morgan fingerprint density at radius 2 is 1.79 bits per heavy atom. The molecule has 2 aromatic heterocycles. The number of benzene rings is 2. The maximum atomic E-state index is 13.9. The molecule has 0 radical (unpaired) electrons. The molecule has 0 aliphatic carbocycles. The highest BCUT2D eigenvalue weighted by molar-refractivity contribution is 6.01. The molecule has 9 nitrogen and oxygen atoms in total. The zero-order valence-corrected chi connectivity index (χ0v) is 20.2. The van der Waals surface area contributed by atoms with Crippen molar-refractivity contribution in [2.45, 2.75) is 38.4 Å². The fourth-order valence-corrected chi connectivity index (χ4v) is 4.44. The Kier molecular flexibility index (Phi) is 6.52. The standard InChI is InChI=1S/C24H20F6N8O/c1-13(15-5-7-16(8-6-15)20-32-35-36-33-20)31-21(39)18-19(24(28,29)30)34-38-10-9-37(22(18)38)12-14-3-2-4-17(11-14)23(25,26)27/h2-8,11,13H,9-10,12H2,1H3,(H,31,39)(H,32,33,35,36)/t13-/m0/s1. The number of tetrazole rings is 1. The zero-order valence-electron chi connectivity index (χ0n) is 20.2. The van der Waals surface area contributed by atoms with Gasteiger partial charge in [0.25, 0.3) is 5.91 Å². The first-order chi connectivity index (χ1) is 18.4. The lowest BCUT2D eigenvalue weighted by Gasteiger charge is -2.21. The molecule has 39 heavy (non-hydrogen) atoms. The lowest BCUT2D eigenvalue weighted by Crippen LogP contribution is -2.31. The predicted molar refractivity (Wildman–Crippen MR) is 125 cm³/mol. The Labute approximate surface area is 216 Å². The normalized spacial score (nSPS) is 14.4. The first kappa shape index (κ1) is 26.2. The maximum Gasteiger partial charge on any atom is 0.436 e. The van der Waals surface area contributed by atoms with Crippen molar-refractivity contribution in [3.05, 3.63) is 76.5 Å². The number of nitrogens with one attached hydrogen (secondary N) is 2. The molecule has 0 saturated carbocycles. The maximum absolute atomic E-state index is 13.9. The fraction of sp³-hybridized carbons (Fsp3) is 0.292. The number of hydrogen-bond acceptors (Lipinski definition) is 6. The summed E-state index contributed by atoms with van der Waals surface area (Å²) in [6.07, 6.45) is -9.50. The number of H-pyrrole nitrogens is 1. The van der Waals surface area contributed by atoms with Crippen molar-refractivity contribution in [3.8, 4) is 11.4 Å². The van der Waals surface area contributed by atoms with E-state index >= 15 is 0 Å². The summed E-state index contributed by atoms with van der Waals surface area (Å²) in [6, 6.07) is 10.5. The average molecular weight is 550 g/mol. The van der Waals surface area contributed by atoms with E-state index in [0.29, 0.717) is 17.0 Å². The van der Waals surface area contributed by atoms with E-state index < -0.39 is 41.1 Å². The van der Waals surface area contributed by atoms with Crippen molar-refractivity contribution in [3.63, 3.8) is 0 Å². The molecule has 2 aromatic carbocycles. The van der Waals surface area contributed by atoms with Crippen LogP contribution in [0.15, 0.2) is 48.5 Å². The lowest BCUT2D eigenvalue weighted by atomic mass is 10.0. The van der Waals surface area contributed by atoms with Crippen molar-refractivity contribution in [1.29, 1.82) is 0 Å². The summed E-state index contributed by atoms with van der Waals surface area (Å²) in [6.45, 7) is 1.68. The van der Waals surface area contributed by atoms with Gasteiger partial charge in [-0.1, -0.05) is 36.4 Å². The van der Waals surface area contributed by atoms with Crippen LogP contribution in [0.3, 0.4) is 0 Å². The SMILES string of the molecule is C[C@H](NC(=O)c1c(C(F)(F)F)nn2c1N(Cc1cccc(C(F)(F)F)c1)CC2)c1ccc(-c2nn[nH]n2)cc1. The monoisotopic (exact) mass is 550 g/mol. The Morgan fingerprint density at radius 3 is 2.44 bits per heavy atom. The van der Waals surface area contributed by atoms with Gasteiger partial charge >= 0.3 is 12.4 Å². The summed E-state index contributed by atoms with van der Waals surface area (Å²) in [4.78, 5) is 14.7. The van der Waals surface area contributed by atoms with Crippen LogP contribution in [-0.2, 0) is 25.4 Å². The van der Waals surface area contributed by atoms with Crippen LogP contribution in [0.5, 0.6) is 0 Å². The van der Waals surface area contributed by atoms with Gasteiger partial charge in [-0.25, -0.2) is 4.68 Å². The first-order valence-electron chi connectivity index (χ1n) is 11.7. The van der Waals surface area contributed by atoms with E-state index in [1.807, 2.05) is 0 Å². The number of anilines is 1. The number of aromatic amines is 1. The van der Waals surface area contributed by atoms with Gasteiger partial charge in [0.05, 0.1) is 18.2 Å². The number of fused-ring (bicyclic) bond motifs is 1. The van der Waals surface area contributed by atoms with Crippen LogP contribution in [0.4, 0.5) is 32.2 Å². The van der Waals surface area contributed by atoms with Crippen molar-refractivity contribution in [2.75, 3.05) is 11.4 Å². The molecule has 0 spiro atoms. The number of hydrogen-bond donors (Lipinski definition) is 2. The van der Waals surface area contributed by atoms with Gasteiger partial charge in [0, 0.05) is 18.7 Å². The molecule has 204 valence electrons. The van der Waals surface area contributed by atoms with Crippen molar-refractivity contribution in [1.82, 2.24) is 35.7 Å². The third kappa shape index (κ3) is 5.28. The number of alkyl halides is 6. The fourth-order valence-electron chi connectivity index (χ4n) is 4.44. The highest BCUT2D eigenvalue weighted by Crippen LogP contribution is 2.39. The summed E-state index contributed by atoms with van der Waals surface area (Å²) < 4.78 is 82.3. The summed E-state index contributed by atoms with van der Waals surface area (Å²) in [5, 5.41) is 19.8. The van der Waals surface area contributed by atoms with Crippen molar-refractivity contribution >= 4 is 11.7 Å². The van der Waals surface area contributed by atoms with Crippen LogP contribution >= 0.6 is 0 Å². The minimum absolute atomic E-state index is 0.0394. The molecular weight excluding hydrogens is 530 g/mol. The molecule has 0 fully saturated rings. The first-order valence-corrected chi connectivity index (χ1v) is 11.7. The summed E-state index contributed by atoms with van der Waals surface area (Å²) in [5.41, 5.74) is -1.43. The highest BCUT2D eigenvalue weighted by Gasteiger charge is 2.44. The molecule has 5 rings (SSSR count). The third-order valence-electron chi connectivity index (χ3n) is 6.29. The molecule has 0 bridgehead atoms. The Hall–Kier alpha value is -4.43. The third-order valence-corrected chi connectivity index (χ3v) is 6.29. The smallest absolute Gasteiger partial charge is 0.350 e. The van der Waals surface area contributed by atoms with Crippen LogP contribution in [0.1, 0.15) is 45.7 Å². The van der Waals surface area contributed by atoms with Gasteiger partial charge in [0.15, 0.2) is 5.69 Å². The van der Waals surface area contributed by atoms with E-state index in [-0.39, 0.29) is 31.0 Å². The van der Waals surface area contributed by atoms with Crippen LogP contribution in [0.2, 0.25) is 0 Å². The van der Waals surface area contributed by atoms with Crippen molar-refractivity contribution in [2.24, 2.45) is 0 Å². The minimum Gasteiger partial charge on any atom is -0.350 e. The quantitative estimate of drug-likeness (QED) is 0.340. The van der Waals surface area contributed by atoms with Crippen LogP contribution in [0, 0.1) is 0 Å². The topological polar surface area (TPSA) is 105 Å². The second kappa shape index (κ2) is 9.71. The van der Waals surface area contributed by atoms with E-state index in [2.05, 4.69) is 31.0 Å². The number of aromatic nitrogens is 6. The number of nitrogens with zero attached hydrogens (tertiary/aromatic N) is 6. The largest absolute Gasteiger partial charge is 0.436 e. The molecule has 15 heteroatoms. The van der Waals surface area contributed by atoms with Gasteiger partial charge in [0.1, 0.15) is 11.4 Å². The number of rotatable bonds is 6. The minimum atomic E-state index is -4.93. The zero-order chi connectivity index (χ0) is 27.9. The Balaban J connectivity index is 1.42. The highest BCUT2D eigenvalue weighted by atomic mass is 19.4. The van der Waals surface area contributed by atoms with Gasteiger partial charge in [-0.2, -0.15) is 36.7 Å². The summed E-state index contributed by atoms with van der Waals surface area (Å²) >= 11 is 0. The van der Waals surface area contributed by atoms with E-state index in [1.54, 1.807) is 31.2 Å². The van der Waals surface area contributed by atoms with E-state index in [1.165, 1.54) is 17.0 Å². The second-order valence-corrected chi connectivity index (χ2v) is 8.94. The molecule has 1 aliphatic rings. The molecule has 4 aromatic rings. The molecule has 2 N–H and O–H groups in total. The number of carbonyl (C=O) groups excluding carboxylic acids is 1. The number of halogens is 6. The summed E-state index contributed by atoms with van der Waals surface area (Å²) in [7, 11) is 0. The molecule has 1 aliphatic heterocycles. The van der Waals surface area contributed by atoms with E-state index in [9.17, 15) is 31.1 Å². The van der Waals surface area contributed by atoms with Gasteiger partial charge in [-0.3, -0.25) is 4.79 Å². The predicted octanol–water partition coefficient (Wildman–Crippen LogP) is 4.61. The van der Waals surface area contributed by atoms with Crippen LogP contribution in [0.25, 0.3) is 11.4 Å². The van der Waals surface area contributed by atoms with Gasteiger partial charge in [-0.15, -0.1) is 10.2 Å². The van der Waals surface area contributed by atoms with E-state index in [0.717, 1.165) is 16.8 Å². The Morgan fingerprint density at radius 1 is 1.05 bits per heavy atom. The van der Waals surface area contributed by atoms with Gasteiger partial charge in [0.2, 0.25) is 5.82 Å². The number of amides is 1. The molecule has 1 atom stereocenters. The van der Waals surface area contributed by atoms with Gasteiger partial charge < -0.3 is 10.2 Å². The number of carbonyl (C=O) groups is 1. The molecule has 0 saturated heterocycles. The van der Waals surface area contributed by atoms with E-state index in [4.69, 9.17) is 0 Å². The summed E-state index contributed by atoms with van der Waals surface area (Å²) in [5.74, 6) is -0.754. The van der Waals surface area contributed by atoms with Crippen LogP contribution in [-0.4, -0.2) is 42.9 Å². The van der Waals surface area contributed by atoms with Crippen molar-refractivity contribution < 1.29 is 31.1 Å². The van der Waals surface area contributed by atoms with Gasteiger partial charge in [-0.05, 0) is 35.4 Å². The lowest BCUT2D eigenvalue weighted by molar-refractivity contribution is -0.142. The molecule has 1 amide bonds. The Bertz CT molecular complexity index is 1480. The molecule has 0 unspecified atom stereocenters. The average Bonchev–Trinajstić information content (AvgIpc) is 3.62. The molecule has 3 heterocycles. The molecular formula is C24H20F6N8O.